The number of benzene rings is 1. The Kier molecular flexibility index (Phi) is 4.43. The molecule has 0 bridgehead atoms. The molecule has 18 heavy (non-hydrogen) atoms. The van der Waals surface area contributed by atoms with Gasteiger partial charge in [0, 0.05) is 11.6 Å². The van der Waals surface area contributed by atoms with E-state index in [1.54, 1.807) is 24.3 Å². The molecule has 0 fully saturated rings. The minimum absolute atomic E-state index is 0.0763. The minimum atomic E-state index is -0.378. The SMILES string of the molecule is C/C(=C/C(=O)NC(=O)c1ccccc1)C(C)(C)C. The Morgan fingerprint density at radius 3 is 2.17 bits per heavy atom. The highest BCUT2D eigenvalue weighted by Gasteiger charge is 2.15. The summed E-state index contributed by atoms with van der Waals surface area (Å²) in [6.07, 6.45) is 1.47. The lowest BCUT2D eigenvalue weighted by atomic mass is 9.87. The maximum absolute atomic E-state index is 11.7. The fraction of sp³-hybridized carbons (Fsp3) is 0.333. The van der Waals surface area contributed by atoms with Gasteiger partial charge in [0.15, 0.2) is 0 Å². The highest BCUT2D eigenvalue weighted by molar-refractivity contribution is 6.08. The second kappa shape index (κ2) is 5.63. The average Bonchev–Trinajstić information content (AvgIpc) is 2.28. The van der Waals surface area contributed by atoms with Crippen LogP contribution in [0.3, 0.4) is 0 Å². The maximum Gasteiger partial charge on any atom is 0.258 e. The van der Waals surface area contributed by atoms with Gasteiger partial charge in [-0.15, -0.1) is 0 Å². The summed E-state index contributed by atoms with van der Waals surface area (Å²) in [6.45, 7) is 7.94. The number of carbonyl (C=O) groups excluding carboxylic acids is 2. The molecule has 0 heterocycles. The number of amides is 2. The van der Waals surface area contributed by atoms with Crippen molar-refractivity contribution in [3.63, 3.8) is 0 Å². The third kappa shape index (κ3) is 4.17. The molecule has 96 valence electrons. The zero-order chi connectivity index (χ0) is 13.8. The van der Waals surface area contributed by atoms with Crippen molar-refractivity contribution in [1.29, 1.82) is 0 Å². The Morgan fingerprint density at radius 2 is 1.67 bits per heavy atom. The first-order valence-corrected chi connectivity index (χ1v) is 5.90. The van der Waals surface area contributed by atoms with Crippen LogP contribution in [0.5, 0.6) is 0 Å². The molecule has 2 amide bonds. The van der Waals surface area contributed by atoms with Crippen molar-refractivity contribution >= 4 is 11.8 Å². The quantitative estimate of drug-likeness (QED) is 0.814. The molecule has 0 aliphatic rings. The number of carbonyl (C=O) groups is 2. The van der Waals surface area contributed by atoms with Crippen molar-refractivity contribution in [1.82, 2.24) is 5.32 Å². The largest absolute Gasteiger partial charge is 0.289 e. The van der Waals surface area contributed by atoms with Crippen molar-refractivity contribution in [3.8, 4) is 0 Å². The molecule has 0 aromatic heterocycles. The molecule has 0 spiro atoms. The first kappa shape index (κ1) is 14.2. The Balaban J connectivity index is 2.70. The summed E-state index contributed by atoms with van der Waals surface area (Å²) >= 11 is 0. The molecule has 0 atom stereocenters. The average molecular weight is 245 g/mol. The topological polar surface area (TPSA) is 46.2 Å². The van der Waals surface area contributed by atoms with Crippen LogP contribution in [-0.4, -0.2) is 11.8 Å². The number of hydrogen-bond acceptors (Lipinski definition) is 2. The summed E-state index contributed by atoms with van der Waals surface area (Å²) in [5.74, 6) is -0.755. The standard InChI is InChI=1S/C15H19NO2/c1-11(15(2,3)4)10-13(17)16-14(18)12-8-6-5-7-9-12/h5-10H,1-4H3,(H,16,17,18)/b11-10-. The first-order valence-electron chi connectivity index (χ1n) is 5.90. The highest BCUT2D eigenvalue weighted by atomic mass is 16.2. The van der Waals surface area contributed by atoms with E-state index in [1.807, 2.05) is 33.8 Å². The van der Waals surface area contributed by atoms with E-state index in [0.29, 0.717) is 5.56 Å². The Hall–Kier alpha value is -1.90. The van der Waals surface area contributed by atoms with E-state index >= 15 is 0 Å². The van der Waals surface area contributed by atoms with E-state index in [9.17, 15) is 9.59 Å². The van der Waals surface area contributed by atoms with Gasteiger partial charge in [0.05, 0.1) is 0 Å². The van der Waals surface area contributed by atoms with E-state index in [4.69, 9.17) is 0 Å². The molecule has 0 saturated heterocycles. The van der Waals surface area contributed by atoms with Gasteiger partial charge < -0.3 is 0 Å². The molecule has 3 nitrogen and oxygen atoms in total. The Bertz CT molecular complexity index is 467. The normalized spacial score (nSPS) is 12.1. The van der Waals surface area contributed by atoms with Crippen LogP contribution in [0.15, 0.2) is 42.0 Å². The summed E-state index contributed by atoms with van der Waals surface area (Å²) in [5.41, 5.74) is 1.33. The fourth-order valence-electron chi connectivity index (χ4n) is 1.22. The fourth-order valence-corrected chi connectivity index (χ4v) is 1.22. The van der Waals surface area contributed by atoms with Gasteiger partial charge in [0.1, 0.15) is 0 Å². The van der Waals surface area contributed by atoms with Crippen LogP contribution in [0.1, 0.15) is 38.1 Å². The summed E-state index contributed by atoms with van der Waals surface area (Å²) in [4.78, 5) is 23.4. The van der Waals surface area contributed by atoms with Gasteiger partial charge in [-0.3, -0.25) is 14.9 Å². The zero-order valence-corrected chi connectivity index (χ0v) is 11.3. The van der Waals surface area contributed by atoms with E-state index in [0.717, 1.165) is 5.57 Å². The van der Waals surface area contributed by atoms with Gasteiger partial charge in [0.25, 0.3) is 11.8 Å². The lowest BCUT2D eigenvalue weighted by molar-refractivity contribution is -0.115. The summed E-state index contributed by atoms with van der Waals surface area (Å²) in [7, 11) is 0. The van der Waals surface area contributed by atoms with Crippen LogP contribution in [-0.2, 0) is 4.79 Å². The Morgan fingerprint density at radius 1 is 1.11 bits per heavy atom. The number of imide groups is 1. The monoisotopic (exact) mass is 245 g/mol. The molecule has 0 radical (unpaired) electrons. The molecule has 0 aliphatic heterocycles. The van der Waals surface area contributed by atoms with Gasteiger partial charge in [-0.05, 0) is 24.5 Å². The van der Waals surface area contributed by atoms with Crippen LogP contribution in [0, 0.1) is 5.41 Å². The van der Waals surface area contributed by atoms with Crippen LogP contribution >= 0.6 is 0 Å². The molecular weight excluding hydrogens is 226 g/mol. The first-order chi connectivity index (χ1) is 8.30. The summed E-state index contributed by atoms with van der Waals surface area (Å²) in [5, 5.41) is 2.34. The van der Waals surface area contributed by atoms with Crippen LogP contribution in [0.2, 0.25) is 0 Å². The maximum atomic E-state index is 11.7. The van der Waals surface area contributed by atoms with Crippen molar-refractivity contribution in [2.45, 2.75) is 27.7 Å². The van der Waals surface area contributed by atoms with Crippen LogP contribution < -0.4 is 5.32 Å². The molecule has 0 saturated carbocycles. The smallest absolute Gasteiger partial charge is 0.258 e. The molecule has 1 aromatic carbocycles. The summed E-state index contributed by atoms with van der Waals surface area (Å²) < 4.78 is 0. The van der Waals surface area contributed by atoms with Crippen LogP contribution in [0.25, 0.3) is 0 Å². The van der Waals surface area contributed by atoms with Gasteiger partial charge in [0.2, 0.25) is 0 Å². The van der Waals surface area contributed by atoms with Gasteiger partial charge in [-0.2, -0.15) is 0 Å². The molecule has 1 rings (SSSR count). The molecule has 3 heteroatoms. The van der Waals surface area contributed by atoms with E-state index in [1.165, 1.54) is 6.08 Å². The molecule has 1 N–H and O–H groups in total. The predicted molar refractivity (Wildman–Crippen MR) is 72.1 cm³/mol. The highest BCUT2D eigenvalue weighted by Crippen LogP contribution is 2.23. The zero-order valence-electron chi connectivity index (χ0n) is 11.3. The van der Waals surface area contributed by atoms with Crippen molar-refractivity contribution < 1.29 is 9.59 Å². The van der Waals surface area contributed by atoms with Gasteiger partial charge >= 0.3 is 0 Å². The van der Waals surface area contributed by atoms with E-state index in [-0.39, 0.29) is 17.2 Å². The van der Waals surface area contributed by atoms with E-state index < -0.39 is 0 Å². The third-order valence-corrected chi connectivity index (χ3v) is 2.80. The third-order valence-electron chi connectivity index (χ3n) is 2.80. The number of nitrogens with one attached hydrogen (secondary N) is 1. The van der Waals surface area contributed by atoms with Gasteiger partial charge in [-0.25, -0.2) is 0 Å². The minimum Gasteiger partial charge on any atom is -0.289 e. The number of allylic oxidation sites excluding steroid dienone is 1. The molecule has 0 aliphatic carbocycles. The van der Waals surface area contributed by atoms with Gasteiger partial charge in [-0.1, -0.05) is 44.5 Å². The second-order valence-electron chi connectivity index (χ2n) is 5.26. The van der Waals surface area contributed by atoms with Crippen molar-refractivity contribution in [2.24, 2.45) is 5.41 Å². The van der Waals surface area contributed by atoms with Crippen molar-refractivity contribution in [3.05, 3.63) is 47.5 Å². The van der Waals surface area contributed by atoms with Crippen LogP contribution in [0.4, 0.5) is 0 Å². The van der Waals surface area contributed by atoms with E-state index in [2.05, 4.69) is 5.32 Å². The summed E-state index contributed by atoms with van der Waals surface area (Å²) in [6, 6.07) is 8.68. The molecular formula is C15H19NO2. The Labute approximate surface area is 108 Å². The molecule has 0 unspecified atom stereocenters. The molecule has 1 aromatic rings. The second-order valence-corrected chi connectivity index (χ2v) is 5.26. The lowest BCUT2D eigenvalue weighted by Gasteiger charge is -2.19. The number of rotatable bonds is 2. The number of hydrogen-bond donors (Lipinski definition) is 1. The predicted octanol–water partition coefficient (Wildman–Crippen LogP) is 2.94. The van der Waals surface area contributed by atoms with Crippen molar-refractivity contribution in [2.75, 3.05) is 0 Å². The lowest BCUT2D eigenvalue weighted by Crippen LogP contribution is -2.29.